The molecule has 0 radical (unpaired) electrons. The van der Waals surface area contributed by atoms with Crippen LogP contribution in [0.5, 0.6) is 5.75 Å². The molecule has 19 heavy (non-hydrogen) atoms. The van der Waals surface area contributed by atoms with Crippen LogP contribution in [0.25, 0.3) is 0 Å². The summed E-state index contributed by atoms with van der Waals surface area (Å²) >= 11 is 0. The number of aromatic hydroxyl groups is 1. The molecule has 0 aliphatic rings. The lowest BCUT2D eigenvalue weighted by Gasteiger charge is -2.08. The number of hydrogen-bond acceptors (Lipinski definition) is 4. The first-order chi connectivity index (χ1) is 9.18. The van der Waals surface area contributed by atoms with Crippen molar-refractivity contribution in [3.63, 3.8) is 0 Å². The van der Waals surface area contributed by atoms with Crippen LogP contribution in [0.4, 0.5) is 5.69 Å². The second-order valence-corrected chi connectivity index (χ2v) is 4.11. The highest BCUT2D eigenvalue weighted by Crippen LogP contribution is 2.23. The molecule has 0 heterocycles. The third-order valence-electron chi connectivity index (χ3n) is 2.77. The predicted molar refractivity (Wildman–Crippen MR) is 72.9 cm³/mol. The number of rotatable bonds is 4. The van der Waals surface area contributed by atoms with E-state index in [0.717, 1.165) is 5.56 Å². The summed E-state index contributed by atoms with van der Waals surface area (Å²) in [4.78, 5) is 11.8. The summed E-state index contributed by atoms with van der Waals surface area (Å²) in [5.41, 5.74) is 6.95. The molecule has 0 saturated heterocycles. The van der Waals surface area contributed by atoms with Crippen molar-refractivity contribution < 1.29 is 14.6 Å². The highest BCUT2D eigenvalue weighted by molar-refractivity contribution is 5.96. The van der Waals surface area contributed by atoms with Gasteiger partial charge in [-0.25, -0.2) is 4.79 Å². The highest BCUT2D eigenvalue weighted by Gasteiger charge is 2.13. The summed E-state index contributed by atoms with van der Waals surface area (Å²) < 4.78 is 5.14. The Hall–Kier alpha value is -2.49. The van der Waals surface area contributed by atoms with Crippen molar-refractivity contribution in [3.8, 4) is 5.75 Å². The fourth-order valence-electron chi connectivity index (χ4n) is 1.72. The molecule has 0 amide bonds. The van der Waals surface area contributed by atoms with Gasteiger partial charge in [0.15, 0.2) is 0 Å². The molecule has 0 bridgehead atoms. The van der Waals surface area contributed by atoms with E-state index in [-0.39, 0.29) is 23.6 Å². The van der Waals surface area contributed by atoms with Gasteiger partial charge in [-0.2, -0.15) is 0 Å². The van der Waals surface area contributed by atoms with Crippen molar-refractivity contribution >= 4 is 11.7 Å². The number of nitrogen functional groups attached to an aromatic ring is 1. The van der Waals surface area contributed by atoms with E-state index in [1.54, 1.807) is 6.07 Å². The van der Waals surface area contributed by atoms with E-state index in [0.29, 0.717) is 6.42 Å². The molecule has 0 aromatic heterocycles. The summed E-state index contributed by atoms with van der Waals surface area (Å²) in [6.45, 7) is 0.276. The SMILES string of the molecule is Nc1c(O)cccc1C(=O)OCCc1ccccc1. The maximum atomic E-state index is 11.8. The van der Waals surface area contributed by atoms with E-state index in [9.17, 15) is 9.90 Å². The summed E-state index contributed by atoms with van der Waals surface area (Å²) in [5.74, 6) is -0.637. The summed E-state index contributed by atoms with van der Waals surface area (Å²) in [5, 5.41) is 9.42. The van der Waals surface area contributed by atoms with Crippen molar-refractivity contribution in [2.24, 2.45) is 0 Å². The Morgan fingerprint density at radius 3 is 2.58 bits per heavy atom. The van der Waals surface area contributed by atoms with Crippen molar-refractivity contribution in [2.75, 3.05) is 12.3 Å². The zero-order chi connectivity index (χ0) is 13.7. The lowest BCUT2D eigenvalue weighted by Crippen LogP contribution is -2.10. The van der Waals surface area contributed by atoms with Gasteiger partial charge in [0.05, 0.1) is 17.9 Å². The quantitative estimate of drug-likeness (QED) is 0.501. The molecule has 0 unspecified atom stereocenters. The number of para-hydroxylation sites is 1. The summed E-state index contributed by atoms with van der Waals surface area (Å²) in [6, 6.07) is 14.3. The third kappa shape index (κ3) is 3.25. The van der Waals surface area contributed by atoms with Crippen LogP contribution in [-0.4, -0.2) is 17.7 Å². The highest BCUT2D eigenvalue weighted by atomic mass is 16.5. The topological polar surface area (TPSA) is 72.5 Å². The van der Waals surface area contributed by atoms with E-state index in [1.807, 2.05) is 30.3 Å². The Kier molecular flexibility index (Phi) is 4.03. The second kappa shape index (κ2) is 5.91. The minimum Gasteiger partial charge on any atom is -0.506 e. The molecule has 2 aromatic carbocycles. The molecule has 0 saturated carbocycles. The van der Waals surface area contributed by atoms with Crippen LogP contribution in [0, 0.1) is 0 Å². The number of phenols is 1. The Morgan fingerprint density at radius 2 is 1.84 bits per heavy atom. The van der Waals surface area contributed by atoms with Crippen molar-refractivity contribution in [3.05, 3.63) is 59.7 Å². The largest absolute Gasteiger partial charge is 0.506 e. The van der Waals surface area contributed by atoms with Gasteiger partial charge in [-0.15, -0.1) is 0 Å². The Morgan fingerprint density at radius 1 is 1.11 bits per heavy atom. The molecule has 0 atom stereocenters. The van der Waals surface area contributed by atoms with E-state index < -0.39 is 5.97 Å². The lowest BCUT2D eigenvalue weighted by molar-refractivity contribution is 0.0510. The van der Waals surface area contributed by atoms with Crippen LogP contribution in [-0.2, 0) is 11.2 Å². The van der Waals surface area contributed by atoms with Gasteiger partial charge in [0.25, 0.3) is 0 Å². The van der Waals surface area contributed by atoms with E-state index >= 15 is 0 Å². The van der Waals surface area contributed by atoms with Gasteiger partial charge in [0.2, 0.25) is 0 Å². The van der Waals surface area contributed by atoms with Gasteiger partial charge < -0.3 is 15.6 Å². The zero-order valence-electron chi connectivity index (χ0n) is 10.4. The number of carbonyl (C=O) groups excluding carboxylic acids is 1. The fraction of sp³-hybridized carbons (Fsp3) is 0.133. The van der Waals surface area contributed by atoms with Crippen molar-refractivity contribution in [1.29, 1.82) is 0 Å². The van der Waals surface area contributed by atoms with E-state index in [1.165, 1.54) is 12.1 Å². The number of phenolic OH excluding ortho intramolecular Hbond substituents is 1. The Balaban J connectivity index is 1.93. The van der Waals surface area contributed by atoms with E-state index in [4.69, 9.17) is 10.5 Å². The molecule has 0 spiro atoms. The molecule has 2 aromatic rings. The molecule has 98 valence electrons. The van der Waals surface area contributed by atoms with Crippen LogP contribution >= 0.6 is 0 Å². The average molecular weight is 257 g/mol. The first-order valence-electron chi connectivity index (χ1n) is 5.97. The van der Waals surface area contributed by atoms with Crippen molar-refractivity contribution in [2.45, 2.75) is 6.42 Å². The van der Waals surface area contributed by atoms with Gasteiger partial charge in [-0.05, 0) is 17.7 Å². The second-order valence-electron chi connectivity index (χ2n) is 4.11. The normalized spacial score (nSPS) is 10.1. The van der Waals surface area contributed by atoms with E-state index in [2.05, 4.69) is 0 Å². The van der Waals surface area contributed by atoms with Crippen LogP contribution in [0.2, 0.25) is 0 Å². The number of hydrogen-bond donors (Lipinski definition) is 2. The number of ether oxygens (including phenoxy) is 1. The molecule has 3 N–H and O–H groups in total. The van der Waals surface area contributed by atoms with Gasteiger partial charge in [0, 0.05) is 6.42 Å². The van der Waals surface area contributed by atoms with Gasteiger partial charge >= 0.3 is 5.97 Å². The number of benzene rings is 2. The number of anilines is 1. The molecule has 4 nitrogen and oxygen atoms in total. The van der Waals surface area contributed by atoms with Crippen LogP contribution in [0.1, 0.15) is 15.9 Å². The van der Waals surface area contributed by atoms with Crippen LogP contribution < -0.4 is 5.73 Å². The minimum absolute atomic E-state index is 0.0483. The number of nitrogens with two attached hydrogens (primary N) is 1. The molecule has 0 fully saturated rings. The Bertz CT molecular complexity index is 567. The number of esters is 1. The molecule has 0 aliphatic heterocycles. The van der Waals surface area contributed by atoms with Crippen LogP contribution in [0.15, 0.2) is 48.5 Å². The number of carbonyl (C=O) groups is 1. The van der Waals surface area contributed by atoms with Crippen molar-refractivity contribution in [1.82, 2.24) is 0 Å². The monoisotopic (exact) mass is 257 g/mol. The molecular weight excluding hydrogens is 242 g/mol. The zero-order valence-corrected chi connectivity index (χ0v) is 10.4. The van der Waals surface area contributed by atoms with Gasteiger partial charge in [-0.1, -0.05) is 36.4 Å². The van der Waals surface area contributed by atoms with Gasteiger partial charge in [-0.3, -0.25) is 0 Å². The third-order valence-corrected chi connectivity index (χ3v) is 2.77. The molecule has 0 aliphatic carbocycles. The first-order valence-corrected chi connectivity index (χ1v) is 5.97. The Labute approximate surface area is 111 Å². The fourth-order valence-corrected chi connectivity index (χ4v) is 1.72. The lowest BCUT2D eigenvalue weighted by atomic mass is 10.1. The standard InChI is InChI=1S/C15H15NO3/c16-14-12(7-4-8-13(14)17)15(18)19-10-9-11-5-2-1-3-6-11/h1-8,17H,9-10,16H2. The summed E-state index contributed by atoms with van der Waals surface area (Å²) in [6.07, 6.45) is 0.644. The molecule has 4 heteroatoms. The maximum absolute atomic E-state index is 11.8. The average Bonchev–Trinajstić information content (AvgIpc) is 2.43. The molecular formula is C15H15NO3. The summed E-state index contributed by atoms with van der Waals surface area (Å²) in [7, 11) is 0. The maximum Gasteiger partial charge on any atom is 0.340 e. The molecule has 2 rings (SSSR count). The minimum atomic E-state index is -0.524. The van der Waals surface area contributed by atoms with Gasteiger partial charge in [0.1, 0.15) is 5.75 Å². The smallest absolute Gasteiger partial charge is 0.340 e. The predicted octanol–water partition coefficient (Wildman–Crippen LogP) is 2.37. The van der Waals surface area contributed by atoms with Crippen LogP contribution in [0.3, 0.4) is 0 Å². The first kappa shape index (κ1) is 13.0.